The second-order valence-electron chi connectivity index (χ2n) is 7.87. The Kier molecular flexibility index (Phi) is 7.39. The molecule has 1 N–H and O–H groups in total. The van der Waals surface area contributed by atoms with Gasteiger partial charge in [0.2, 0.25) is 17.6 Å². The molecule has 32 heavy (non-hydrogen) atoms. The molecule has 0 atom stereocenters. The minimum absolute atomic E-state index is 0.0265. The quantitative estimate of drug-likeness (QED) is 0.546. The van der Waals surface area contributed by atoms with Crippen LogP contribution in [0, 0.1) is 5.92 Å². The maximum Gasteiger partial charge on any atom is 0.241 e. The number of rotatable bonds is 8. The summed E-state index contributed by atoms with van der Waals surface area (Å²) in [5.74, 6) is 2.08. The van der Waals surface area contributed by atoms with Gasteiger partial charge in [0, 0.05) is 23.0 Å². The molecule has 0 bridgehead atoms. The lowest BCUT2D eigenvalue weighted by atomic mass is 9.96. The lowest BCUT2D eigenvalue weighted by Gasteiger charge is -2.30. The second kappa shape index (κ2) is 10.6. The van der Waals surface area contributed by atoms with Crippen molar-refractivity contribution >= 4 is 17.5 Å². The van der Waals surface area contributed by atoms with Crippen molar-refractivity contribution in [3.63, 3.8) is 0 Å². The Morgan fingerprint density at radius 1 is 1.22 bits per heavy atom. The number of halogens is 1. The first-order chi connectivity index (χ1) is 15.6. The molecule has 1 aliphatic heterocycles. The van der Waals surface area contributed by atoms with Gasteiger partial charge in [-0.3, -0.25) is 9.69 Å². The SMILES string of the molecule is CCOc1ccc(CNC(=O)C2CCN(Cc3nc(-c4cccc(Cl)c4)no3)CC2)cc1. The highest BCUT2D eigenvalue weighted by molar-refractivity contribution is 6.30. The topological polar surface area (TPSA) is 80.5 Å². The molecule has 168 valence electrons. The number of benzene rings is 2. The number of hydrogen-bond donors (Lipinski definition) is 1. The zero-order valence-corrected chi connectivity index (χ0v) is 18.8. The van der Waals surface area contributed by atoms with Crippen molar-refractivity contribution in [3.05, 3.63) is 65.0 Å². The van der Waals surface area contributed by atoms with Gasteiger partial charge in [0.05, 0.1) is 13.2 Å². The van der Waals surface area contributed by atoms with E-state index < -0.39 is 0 Å². The molecule has 0 unspecified atom stereocenters. The second-order valence-corrected chi connectivity index (χ2v) is 8.30. The molecule has 1 aromatic heterocycles. The number of amides is 1. The van der Waals surface area contributed by atoms with E-state index in [0.29, 0.717) is 36.4 Å². The number of ether oxygens (including phenoxy) is 1. The molecule has 0 spiro atoms. The van der Waals surface area contributed by atoms with Crippen molar-refractivity contribution in [2.45, 2.75) is 32.9 Å². The fourth-order valence-electron chi connectivity index (χ4n) is 3.81. The van der Waals surface area contributed by atoms with Crippen molar-refractivity contribution in [1.29, 1.82) is 0 Å². The van der Waals surface area contributed by atoms with Crippen LogP contribution < -0.4 is 10.1 Å². The molecule has 0 aliphatic carbocycles. The monoisotopic (exact) mass is 454 g/mol. The van der Waals surface area contributed by atoms with Crippen LogP contribution in [-0.2, 0) is 17.9 Å². The smallest absolute Gasteiger partial charge is 0.241 e. The van der Waals surface area contributed by atoms with Crippen LogP contribution in [0.25, 0.3) is 11.4 Å². The molecule has 1 fully saturated rings. The van der Waals surface area contributed by atoms with E-state index in [9.17, 15) is 4.79 Å². The van der Waals surface area contributed by atoms with Crippen LogP contribution in [-0.4, -0.2) is 40.6 Å². The van der Waals surface area contributed by atoms with Crippen LogP contribution in [0.15, 0.2) is 53.1 Å². The number of nitrogens with zero attached hydrogens (tertiary/aromatic N) is 3. The third kappa shape index (κ3) is 5.87. The van der Waals surface area contributed by atoms with E-state index in [4.69, 9.17) is 20.9 Å². The summed E-state index contributed by atoms with van der Waals surface area (Å²) in [6.07, 6.45) is 1.62. The standard InChI is InChI=1S/C24H27ClN4O3/c1-2-31-21-8-6-17(7-9-21)15-26-24(30)18-10-12-29(13-11-18)16-22-27-23(28-32-22)19-4-3-5-20(25)14-19/h3-9,14,18H,2,10-13,15-16H2,1H3,(H,26,30). The number of likely N-dealkylation sites (tertiary alicyclic amines) is 1. The lowest BCUT2D eigenvalue weighted by Crippen LogP contribution is -2.40. The van der Waals surface area contributed by atoms with E-state index in [1.165, 1.54) is 0 Å². The summed E-state index contributed by atoms with van der Waals surface area (Å²) in [7, 11) is 0. The van der Waals surface area contributed by atoms with Gasteiger partial charge >= 0.3 is 0 Å². The molecule has 0 saturated carbocycles. The summed E-state index contributed by atoms with van der Waals surface area (Å²) in [6, 6.07) is 15.2. The van der Waals surface area contributed by atoms with Crippen LogP contribution in [0.5, 0.6) is 5.75 Å². The minimum atomic E-state index is 0.0265. The summed E-state index contributed by atoms with van der Waals surface area (Å²) in [5, 5.41) is 7.76. The van der Waals surface area contributed by atoms with E-state index in [1.54, 1.807) is 0 Å². The van der Waals surface area contributed by atoms with Gasteiger partial charge in [-0.2, -0.15) is 4.98 Å². The van der Waals surface area contributed by atoms with Crippen molar-refractivity contribution in [2.24, 2.45) is 5.92 Å². The normalized spacial score (nSPS) is 14.9. The number of hydrogen-bond acceptors (Lipinski definition) is 6. The Balaban J connectivity index is 1.22. The molecule has 7 nitrogen and oxygen atoms in total. The van der Waals surface area contributed by atoms with Crippen molar-refractivity contribution in [3.8, 4) is 17.1 Å². The van der Waals surface area contributed by atoms with Crippen molar-refractivity contribution in [2.75, 3.05) is 19.7 Å². The van der Waals surface area contributed by atoms with E-state index >= 15 is 0 Å². The summed E-state index contributed by atoms with van der Waals surface area (Å²) in [4.78, 5) is 19.3. The summed E-state index contributed by atoms with van der Waals surface area (Å²) in [6.45, 7) is 5.34. The maximum atomic E-state index is 12.6. The largest absolute Gasteiger partial charge is 0.494 e. The third-order valence-corrected chi connectivity index (χ3v) is 5.80. The minimum Gasteiger partial charge on any atom is -0.494 e. The van der Waals surface area contributed by atoms with Gasteiger partial charge in [-0.25, -0.2) is 0 Å². The van der Waals surface area contributed by atoms with E-state index in [2.05, 4.69) is 20.4 Å². The molecule has 1 saturated heterocycles. The van der Waals surface area contributed by atoms with Gasteiger partial charge in [-0.15, -0.1) is 0 Å². The van der Waals surface area contributed by atoms with Crippen molar-refractivity contribution < 1.29 is 14.1 Å². The highest BCUT2D eigenvalue weighted by atomic mass is 35.5. The predicted molar refractivity (Wildman–Crippen MR) is 122 cm³/mol. The molecule has 3 aromatic rings. The number of aromatic nitrogens is 2. The maximum absolute atomic E-state index is 12.6. The average Bonchev–Trinajstić information content (AvgIpc) is 3.28. The Labute approximate surface area is 192 Å². The molecule has 1 aliphatic rings. The van der Waals surface area contributed by atoms with Gasteiger partial charge in [-0.05, 0) is 62.7 Å². The molecular weight excluding hydrogens is 428 g/mol. The number of piperidine rings is 1. The van der Waals surface area contributed by atoms with E-state index in [-0.39, 0.29) is 11.8 Å². The lowest BCUT2D eigenvalue weighted by molar-refractivity contribution is -0.126. The van der Waals surface area contributed by atoms with E-state index in [0.717, 1.165) is 42.8 Å². The fraction of sp³-hybridized carbons (Fsp3) is 0.375. The van der Waals surface area contributed by atoms with Gasteiger partial charge in [0.25, 0.3) is 0 Å². The summed E-state index contributed by atoms with van der Waals surface area (Å²) >= 11 is 6.04. The van der Waals surface area contributed by atoms with Crippen LogP contribution in [0.1, 0.15) is 31.2 Å². The van der Waals surface area contributed by atoms with Gasteiger partial charge < -0.3 is 14.6 Å². The first-order valence-corrected chi connectivity index (χ1v) is 11.3. The summed E-state index contributed by atoms with van der Waals surface area (Å²) < 4.78 is 10.9. The molecule has 8 heteroatoms. The van der Waals surface area contributed by atoms with Crippen LogP contribution in [0.3, 0.4) is 0 Å². The zero-order valence-electron chi connectivity index (χ0n) is 18.1. The molecule has 2 aromatic carbocycles. The highest BCUT2D eigenvalue weighted by Crippen LogP contribution is 2.22. The predicted octanol–water partition coefficient (Wildman–Crippen LogP) is 4.32. The molecule has 2 heterocycles. The van der Waals surface area contributed by atoms with Gasteiger partial charge in [0.15, 0.2) is 0 Å². The summed E-state index contributed by atoms with van der Waals surface area (Å²) in [5.41, 5.74) is 1.89. The van der Waals surface area contributed by atoms with Crippen LogP contribution >= 0.6 is 11.6 Å². The first kappa shape index (κ1) is 22.3. The number of carbonyl (C=O) groups is 1. The molecular formula is C24H27ClN4O3. The van der Waals surface area contributed by atoms with Crippen molar-refractivity contribution in [1.82, 2.24) is 20.4 Å². The Morgan fingerprint density at radius 2 is 2.00 bits per heavy atom. The van der Waals surface area contributed by atoms with Gasteiger partial charge in [0.1, 0.15) is 5.75 Å². The fourth-order valence-corrected chi connectivity index (χ4v) is 4.00. The molecule has 1 amide bonds. The highest BCUT2D eigenvalue weighted by Gasteiger charge is 2.26. The third-order valence-electron chi connectivity index (χ3n) is 5.57. The zero-order chi connectivity index (χ0) is 22.3. The Bertz CT molecular complexity index is 1030. The number of nitrogens with one attached hydrogen (secondary N) is 1. The van der Waals surface area contributed by atoms with Crippen LogP contribution in [0.4, 0.5) is 0 Å². The average molecular weight is 455 g/mol. The Hall–Kier alpha value is -2.90. The molecule has 4 rings (SSSR count). The number of carbonyl (C=O) groups excluding carboxylic acids is 1. The Morgan fingerprint density at radius 3 is 2.72 bits per heavy atom. The first-order valence-electron chi connectivity index (χ1n) is 10.9. The molecule has 0 radical (unpaired) electrons. The van der Waals surface area contributed by atoms with Crippen LogP contribution in [0.2, 0.25) is 5.02 Å². The van der Waals surface area contributed by atoms with E-state index in [1.807, 2.05) is 55.5 Å². The van der Waals surface area contributed by atoms with Gasteiger partial charge in [-0.1, -0.05) is 41.0 Å².